The van der Waals surface area contributed by atoms with E-state index >= 15 is 0 Å². The van der Waals surface area contributed by atoms with E-state index in [9.17, 15) is 4.79 Å². The minimum Gasteiger partial charge on any atom is -0.387 e. The second-order valence-corrected chi connectivity index (χ2v) is 2.79. The smallest absolute Gasteiger partial charge is 0.174 e. The molecule has 0 amide bonds. The molecule has 0 fully saturated rings. The van der Waals surface area contributed by atoms with Crippen LogP contribution >= 0.6 is 11.8 Å². The summed E-state index contributed by atoms with van der Waals surface area (Å²) in [5, 5.41) is 4.46. The van der Waals surface area contributed by atoms with Gasteiger partial charge in [-0.05, 0) is 20.1 Å². The standard InChI is InChI=1S/C6H11NO2S/c1-5(8)4-9-7-6(2)10-3/h4H2,1-3H3. The van der Waals surface area contributed by atoms with E-state index in [1.54, 1.807) is 0 Å². The molecular formula is C6H11NO2S. The molecule has 0 aliphatic carbocycles. The van der Waals surface area contributed by atoms with Crippen LogP contribution in [0.2, 0.25) is 0 Å². The Bertz CT molecular complexity index is 145. The van der Waals surface area contributed by atoms with Gasteiger partial charge >= 0.3 is 0 Å². The lowest BCUT2D eigenvalue weighted by Gasteiger charge is -1.95. The summed E-state index contributed by atoms with van der Waals surface area (Å²) >= 11 is 1.49. The zero-order chi connectivity index (χ0) is 7.98. The molecule has 0 aromatic rings. The van der Waals surface area contributed by atoms with Crippen LogP contribution in [0.5, 0.6) is 0 Å². The van der Waals surface area contributed by atoms with E-state index in [0.29, 0.717) is 0 Å². The third-order valence-electron chi connectivity index (χ3n) is 0.756. The van der Waals surface area contributed by atoms with Crippen LogP contribution in [0.25, 0.3) is 0 Å². The Morgan fingerprint density at radius 1 is 1.60 bits per heavy atom. The number of oxime groups is 1. The van der Waals surface area contributed by atoms with Crippen molar-refractivity contribution >= 4 is 22.6 Å². The van der Waals surface area contributed by atoms with Gasteiger partial charge in [0.1, 0.15) is 5.04 Å². The fraction of sp³-hybridized carbons (Fsp3) is 0.667. The average Bonchev–Trinajstić information content (AvgIpc) is 1.87. The van der Waals surface area contributed by atoms with Crippen LogP contribution in [0.1, 0.15) is 13.8 Å². The second kappa shape index (κ2) is 5.29. The number of hydrogen-bond acceptors (Lipinski definition) is 4. The van der Waals surface area contributed by atoms with Crippen molar-refractivity contribution in [3.05, 3.63) is 0 Å². The van der Waals surface area contributed by atoms with Gasteiger partial charge in [0.25, 0.3) is 0 Å². The molecule has 0 heterocycles. The summed E-state index contributed by atoms with van der Waals surface area (Å²) in [6.07, 6.45) is 1.90. The van der Waals surface area contributed by atoms with Crippen molar-refractivity contribution in [2.45, 2.75) is 13.8 Å². The summed E-state index contributed by atoms with van der Waals surface area (Å²) in [5.41, 5.74) is 0. The number of rotatable bonds is 3. The summed E-state index contributed by atoms with van der Waals surface area (Å²) in [6.45, 7) is 3.35. The Labute approximate surface area is 64.8 Å². The maximum absolute atomic E-state index is 10.3. The molecule has 0 spiro atoms. The van der Waals surface area contributed by atoms with Crippen molar-refractivity contribution in [3.8, 4) is 0 Å². The molecule has 0 rings (SSSR count). The zero-order valence-electron chi connectivity index (χ0n) is 6.38. The molecule has 0 unspecified atom stereocenters. The molecular weight excluding hydrogens is 150 g/mol. The summed E-state index contributed by atoms with van der Waals surface area (Å²) in [6, 6.07) is 0. The van der Waals surface area contributed by atoms with Crippen LogP contribution in [-0.2, 0) is 9.63 Å². The molecule has 0 saturated carbocycles. The van der Waals surface area contributed by atoms with Gasteiger partial charge in [-0.1, -0.05) is 5.16 Å². The number of thioether (sulfide) groups is 1. The number of carbonyl (C=O) groups excluding carboxylic acids is 1. The van der Waals surface area contributed by atoms with Crippen LogP contribution in [-0.4, -0.2) is 23.7 Å². The Morgan fingerprint density at radius 3 is 2.60 bits per heavy atom. The third kappa shape index (κ3) is 5.62. The highest BCUT2D eigenvalue weighted by molar-refractivity contribution is 8.13. The molecule has 58 valence electrons. The lowest BCUT2D eigenvalue weighted by Crippen LogP contribution is -2.00. The second-order valence-electron chi connectivity index (χ2n) is 1.79. The van der Waals surface area contributed by atoms with Crippen molar-refractivity contribution in [2.75, 3.05) is 12.9 Å². The molecule has 0 bridgehead atoms. The maximum atomic E-state index is 10.3. The molecule has 0 saturated heterocycles. The number of Topliss-reactive ketones (excluding diaryl/α,β-unsaturated/α-hetero) is 1. The normalized spacial score (nSPS) is 11.3. The van der Waals surface area contributed by atoms with Gasteiger partial charge in [0, 0.05) is 0 Å². The van der Waals surface area contributed by atoms with E-state index in [-0.39, 0.29) is 12.4 Å². The number of hydrogen-bond donors (Lipinski definition) is 0. The number of nitrogens with zero attached hydrogens (tertiary/aromatic N) is 1. The lowest BCUT2D eigenvalue weighted by atomic mass is 10.5. The summed E-state index contributed by atoms with van der Waals surface area (Å²) in [5.74, 6) is -0.0161. The van der Waals surface area contributed by atoms with Gasteiger partial charge in [-0.15, -0.1) is 11.8 Å². The monoisotopic (exact) mass is 161 g/mol. The minimum atomic E-state index is -0.0161. The van der Waals surface area contributed by atoms with E-state index in [0.717, 1.165) is 5.04 Å². The predicted octanol–water partition coefficient (Wildman–Crippen LogP) is 1.29. The molecule has 10 heavy (non-hydrogen) atoms. The fourth-order valence-electron chi connectivity index (χ4n) is 0.251. The predicted molar refractivity (Wildman–Crippen MR) is 43.3 cm³/mol. The molecule has 0 aliphatic heterocycles. The van der Waals surface area contributed by atoms with Crippen LogP contribution < -0.4 is 0 Å². The first-order valence-corrected chi connectivity index (χ1v) is 4.09. The first-order valence-electron chi connectivity index (χ1n) is 2.86. The first-order chi connectivity index (χ1) is 4.66. The largest absolute Gasteiger partial charge is 0.387 e. The van der Waals surface area contributed by atoms with Gasteiger partial charge in [0.15, 0.2) is 12.4 Å². The summed E-state index contributed by atoms with van der Waals surface area (Å²) < 4.78 is 0. The molecule has 0 atom stereocenters. The van der Waals surface area contributed by atoms with Crippen molar-refractivity contribution in [2.24, 2.45) is 5.16 Å². The van der Waals surface area contributed by atoms with E-state index < -0.39 is 0 Å². The van der Waals surface area contributed by atoms with Crippen molar-refractivity contribution < 1.29 is 9.63 Å². The van der Waals surface area contributed by atoms with Gasteiger partial charge in [0.05, 0.1) is 0 Å². The molecule has 0 aromatic heterocycles. The maximum Gasteiger partial charge on any atom is 0.174 e. The Kier molecular flexibility index (Phi) is 5.02. The van der Waals surface area contributed by atoms with Gasteiger partial charge in [0.2, 0.25) is 0 Å². The molecule has 4 heteroatoms. The van der Waals surface area contributed by atoms with Crippen LogP contribution in [0, 0.1) is 0 Å². The van der Waals surface area contributed by atoms with Crippen LogP contribution in [0.4, 0.5) is 0 Å². The summed E-state index contributed by atoms with van der Waals surface area (Å²) in [7, 11) is 0. The van der Waals surface area contributed by atoms with E-state index in [1.807, 2.05) is 13.2 Å². The highest BCUT2D eigenvalue weighted by Crippen LogP contribution is 1.96. The van der Waals surface area contributed by atoms with Crippen LogP contribution in [0.15, 0.2) is 5.16 Å². The van der Waals surface area contributed by atoms with Crippen molar-refractivity contribution in [3.63, 3.8) is 0 Å². The van der Waals surface area contributed by atoms with E-state index in [2.05, 4.69) is 9.99 Å². The van der Waals surface area contributed by atoms with Crippen LogP contribution in [0.3, 0.4) is 0 Å². The van der Waals surface area contributed by atoms with Crippen molar-refractivity contribution in [1.82, 2.24) is 0 Å². The van der Waals surface area contributed by atoms with Crippen molar-refractivity contribution in [1.29, 1.82) is 0 Å². The molecule has 3 nitrogen and oxygen atoms in total. The van der Waals surface area contributed by atoms with E-state index in [4.69, 9.17) is 0 Å². The van der Waals surface area contributed by atoms with Gasteiger partial charge in [-0.2, -0.15) is 0 Å². The van der Waals surface area contributed by atoms with Gasteiger partial charge < -0.3 is 4.84 Å². The first kappa shape index (κ1) is 9.49. The van der Waals surface area contributed by atoms with Gasteiger partial charge in [-0.25, -0.2) is 0 Å². The molecule has 0 radical (unpaired) electrons. The summed E-state index contributed by atoms with van der Waals surface area (Å²) in [4.78, 5) is 15.0. The fourth-order valence-corrected chi connectivity index (χ4v) is 0.379. The topological polar surface area (TPSA) is 38.7 Å². The quantitative estimate of drug-likeness (QED) is 0.355. The molecule has 0 aliphatic rings. The molecule has 0 N–H and O–H groups in total. The third-order valence-corrected chi connectivity index (χ3v) is 1.42. The Balaban J connectivity index is 3.43. The van der Waals surface area contributed by atoms with E-state index in [1.165, 1.54) is 18.7 Å². The SMILES string of the molecule is CSC(C)=NOCC(C)=O. The number of carbonyl (C=O) groups is 1. The molecule has 0 aromatic carbocycles. The zero-order valence-corrected chi connectivity index (χ0v) is 7.20. The Morgan fingerprint density at radius 2 is 2.20 bits per heavy atom. The minimum absolute atomic E-state index is 0.0161. The average molecular weight is 161 g/mol. The highest BCUT2D eigenvalue weighted by atomic mass is 32.2. The highest BCUT2D eigenvalue weighted by Gasteiger charge is 1.91. The lowest BCUT2D eigenvalue weighted by molar-refractivity contribution is -0.121. The van der Waals surface area contributed by atoms with Gasteiger partial charge in [-0.3, -0.25) is 4.79 Å². The number of ketones is 1. The Hall–Kier alpha value is -0.510.